The van der Waals surface area contributed by atoms with Gasteiger partial charge in [-0.25, -0.2) is 0 Å². The summed E-state index contributed by atoms with van der Waals surface area (Å²) >= 11 is 12.1. The topological polar surface area (TPSA) is 61.8 Å². The molecule has 27 heavy (non-hydrogen) atoms. The van der Waals surface area contributed by atoms with Crippen molar-refractivity contribution in [2.45, 2.75) is 13.8 Å². The maximum atomic E-state index is 11.6. The Bertz CT molecular complexity index is 1050. The third-order valence-electron chi connectivity index (χ3n) is 3.54. The lowest BCUT2D eigenvalue weighted by Crippen LogP contribution is -2.06. The minimum Gasteiger partial charge on any atom is -0.452 e. The van der Waals surface area contributed by atoms with Crippen LogP contribution in [-0.4, -0.2) is 11.9 Å². The Morgan fingerprint density at radius 1 is 0.778 bits per heavy atom. The minimum absolute atomic E-state index is 0.171. The zero-order valence-electron chi connectivity index (χ0n) is 14.4. The van der Waals surface area contributed by atoms with Crippen LogP contribution in [0.2, 0.25) is 10.0 Å². The predicted molar refractivity (Wildman–Crippen MR) is 103 cm³/mol. The monoisotopic (exact) mass is 404 g/mol. The molecule has 0 amide bonds. The maximum absolute atomic E-state index is 11.6. The van der Waals surface area contributed by atoms with Gasteiger partial charge in [0.2, 0.25) is 0 Å². The molecule has 0 fully saturated rings. The van der Waals surface area contributed by atoms with Crippen LogP contribution in [0.4, 0.5) is 0 Å². The van der Waals surface area contributed by atoms with Crippen LogP contribution in [0.3, 0.4) is 0 Å². The summed E-state index contributed by atoms with van der Waals surface area (Å²) < 4.78 is 16.5. The number of esters is 2. The van der Waals surface area contributed by atoms with Crippen LogP contribution >= 0.6 is 23.2 Å². The Morgan fingerprint density at radius 2 is 1.44 bits per heavy atom. The van der Waals surface area contributed by atoms with E-state index in [0.717, 1.165) is 0 Å². The Balaban J connectivity index is 2.21. The number of hydrogen-bond donors (Lipinski definition) is 0. The van der Waals surface area contributed by atoms with Crippen molar-refractivity contribution in [3.05, 3.63) is 58.6 Å². The van der Waals surface area contributed by atoms with E-state index < -0.39 is 11.9 Å². The van der Waals surface area contributed by atoms with Crippen molar-refractivity contribution in [1.82, 2.24) is 0 Å². The first-order valence-electron chi connectivity index (χ1n) is 7.90. The SMILES string of the molecule is CC(=O)Oc1cc(Oc2ccc(Cl)cc2Cl)c(OC(C)=O)c2ccccc12. The molecule has 0 saturated heterocycles. The molecule has 138 valence electrons. The zero-order chi connectivity index (χ0) is 19.6. The minimum atomic E-state index is -0.521. The Hall–Kier alpha value is -2.76. The van der Waals surface area contributed by atoms with E-state index in [1.54, 1.807) is 36.4 Å². The predicted octanol–water partition coefficient (Wildman–Crippen LogP) is 5.79. The molecule has 0 bridgehead atoms. The zero-order valence-corrected chi connectivity index (χ0v) is 15.9. The van der Waals surface area contributed by atoms with Crippen molar-refractivity contribution in [1.29, 1.82) is 0 Å². The number of carbonyl (C=O) groups is 2. The highest BCUT2D eigenvalue weighted by Gasteiger charge is 2.19. The van der Waals surface area contributed by atoms with Gasteiger partial charge in [-0.3, -0.25) is 9.59 Å². The standard InChI is InChI=1S/C20H14Cl2O5/c1-11(23)25-18-10-19(27-17-8-7-13(21)9-16(17)22)20(26-12(2)24)15-6-4-3-5-14(15)18/h3-10H,1-2H3. The summed E-state index contributed by atoms with van der Waals surface area (Å²) in [6.07, 6.45) is 0. The molecule has 0 saturated carbocycles. The van der Waals surface area contributed by atoms with Gasteiger partial charge in [-0.05, 0) is 18.2 Å². The van der Waals surface area contributed by atoms with Gasteiger partial charge in [-0.2, -0.15) is 0 Å². The molecule has 0 spiro atoms. The second-order valence-electron chi connectivity index (χ2n) is 5.61. The van der Waals surface area contributed by atoms with Crippen molar-refractivity contribution in [3.8, 4) is 23.0 Å². The normalized spacial score (nSPS) is 10.5. The van der Waals surface area contributed by atoms with Gasteiger partial charge >= 0.3 is 11.9 Å². The average molecular weight is 405 g/mol. The van der Waals surface area contributed by atoms with Crippen LogP contribution in [0.15, 0.2) is 48.5 Å². The molecule has 0 aliphatic rings. The van der Waals surface area contributed by atoms with Gasteiger partial charge in [0.1, 0.15) is 11.5 Å². The highest BCUT2D eigenvalue weighted by atomic mass is 35.5. The van der Waals surface area contributed by atoms with Crippen LogP contribution in [0.25, 0.3) is 10.8 Å². The second kappa shape index (κ2) is 7.86. The summed E-state index contributed by atoms with van der Waals surface area (Å²) in [7, 11) is 0. The summed E-state index contributed by atoms with van der Waals surface area (Å²) in [5.74, 6) is -0.0692. The van der Waals surface area contributed by atoms with Crippen LogP contribution in [0.1, 0.15) is 13.8 Å². The molecule has 0 aliphatic heterocycles. The van der Waals surface area contributed by atoms with E-state index in [0.29, 0.717) is 21.5 Å². The molecule has 0 atom stereocenters. The average Bonchev–Trinajstić information content (AvgIpc) is 2.59. The van der Waals surface area contributed by atoms with E-state index in [9.17, 15) is 9.59 Å². The van der Waals surface area contributed by atoms with Crippen LogP contribution in [-0.2, 0) is 9.59 Å². The summed E-state index contributed by atoms with van der Waals surface area (Å²) in [6.45, 7) is 2.58. The lowest BCUT2D eigenvalue weighted by molar-refractivity contribution is -0.133. The van der Waals surface area contributed by atoms with Crippen molar-refractivity contribution in [3.63, 3.8) is 0 Å². The van der Waals surface area contributed by atoms with E-state index in [1.165, 1.54) is 26.0 Å². The molecule has 7 heteroatoms. The van der Waals surface area contributed by atoms with Crippen LogP contribution in [0.5, 0.6) is 23.0 Å². The summed E-state index contributed by atoms with van der Waals surface area (Å²) in [5, 5.41) is 1.87. The van der Waals surface area contributed by atoms with Gasteiger partial charge in [0.05, 0.1) is 5.02 Å². The van der Waals surface area contributed by atoms with Gasteiger partial charge in [0, 0.05) is 35.7 Å². The first-order valence-corrected chi connectivity index (χ1v) is 8.66. The lowest BCUT2D eigenvalue weighted by atomic mass is 10.1. The maximum Gasteiger partial charge on any atom is 0.308 e. The lowest BCUT2D eigenvalue weighted by Gasteiger charge is -2.16. The molecule has 3 aromatic carbocycles. The van der Waals surface area contributed by atoms with Crippen molar-refractivity contribution in [2.24, 2.45) is 0 Å². The highest BCUT2D eigenvalue weighted by Crippen LogP contribution is 2.44. The van der Waals surface area contributed by atoms with Crippen molar-refractivity contribution in [2.75, 3.05) is 0 Å². The molecule has 0 aromatic heterocycles. The van der Waals surface area contributed by atoms with E-state index in [1.807, 2.05) is 0 Å². The number of fused-ring (bicyclic) bond motifs is 1. The molecule has 5 nitrogen and oxygen atoms in total. The van der Waals surface area contributed by atoms with Crippen LogP contribution in [0, 0.1) is 0 Å². The Morgan fingerprint density at radius 3 is 2.07 bits per heavy atom. The quantitative estimate of drug-likeness (QED) is 0.406. The van der Waals surface area contributed by atoms with Gasteiger partial charge in [0.25, 0.3) is 0 Å². The molecule has 3 rings (SSSR count). The molecule has 0 N–H and O–H groups in total. The van der Waals surface area contributed by atoms with E-state index in [4.69, 9.17) is 37.4 Å². The van der Waals surface area contributed by atoms with Gasteiger partial charge in [-0.15, -0.1) is 0 Å². The smallest absolute Gasteiger partial charge is 0.308 e. The molecule has 0 unspecified atom stereocenters. The van der Waals surface area contributed by atoms with Gasteiger partial charge in [0.15, 0.2) is 11.5 Å². The fourth-order valence-corrected chi connectivity index (χ4v) is 2.98. The molecular weight excluding hydrogens is 391 g/mol. The summed E-state index contributed by atoms with van der Waals surface area (Å²) in [6, 6.07) is 13.2. The third-order valence-corrected chi connectivity index (χ3v) is 4.07. The third kappa shape index (κ3) is 4.32. The van der Waals surface area contributed by atoms with Crippen molar-refractivity contribution >= 4 is 45.9 Å². The van der Waals surface area contributed by atoms with E-state index >= 15 is 0 Å². The van der Waals surface area contributed by atoms with Gasteiger partial charge in [-0.1, -0.05) is 47.5 Å². The molecule has 0 aliphatic carbocycles. The number of ether oxygens (including phenoxy) is 3. The molecule has 3 aromatic rings. The number of halogens is 2. The second-order valence-corrected chi connectivity index (χ2v) is 6.46. The highest BCUT2D eigenvalue weighted by molar-refractivity contribution is 6.35. The molecule has 0 radical (unpaired) electrons. The number of hydrogen-bond acceptors (Lipinski definition) is 5. The summed E-state index contributed by atoms with van der Waals surface area (Å²) in [5.41, 5.74) is 0. The van der Waals surface area contributed by atoms with E-state index in [-0.39, 0.29) is 22.3 Å². The van der Waals surface area contributed by atoms with Crippen LogP contribution < -0.4 is 14.2 Å². The summed E-state index contributed by atoms with van der Waals surface area (Å²) in [4.78, 5) is 23.1. The number of rotatable bonds is 4. The van der Waals surface area contributed by atoms with E-state index in [2.05, 4.69) is 0 Å². The largest absolute Gasteiger partial charge is 0.452 e. The fourth-order valence-electron chi connectivity index (χ4n) is 2.53. The first-order chi connectivity index (χ1) is 12.8. The molecular formula is C20H14Cl2O5. The molecule has 0 heterocycles. The number of carbonyl (C=O) groups excluding carboxylic acids is 2. The fraction of sp³-hybridized carbons (Fsp3) is 0.100. The Labute approximate surface area is 165 Å². The van der Waals surface area contributed by atoms with Crippen molar-refractivity contribution < 1.29 is 23.8 Å². The van der Waals surface area contributed by atoms with Gasteiger partial charge < -0.3 is 14.2 Å². The Kier molecular flexibility index (Phi) is 5.54. The first kappa shape index (κ1) is 19.0. The number of benzene rings is 3.